The maximum atomic E-state index is 4.51. The van der Waals surface area contributed by atoms with Crippen molar-refractivity contribution in [1.82, 2.24) is 19.7 Å². The van der Waals surface area contributed by atoms with Crippen LogP contribution in [0.1, 0.15) is 43.4 Å². The SMILES string of the molecule is Cc1ccnn1C1=CC=CC(c2cnc(CC(C)C)[nH]2)C1. The summed E-state index contributed by atoms with van der Waals surface area (Å²) in [5, 5.41) is 4.40. The predicted molar refractivity (Wildman–Crippen MR) is 84.9 cm³/mol. The second-order valence-electron chi connectivity index (χ2n) is 6.12. The first-order chi connectivity index (χ1) is 10.1. The van der Waals surface area contributed by atoms with Gasteiger partial charge in [0, 0.05) is 48.2 Å². The Morgan fingerprint density at radius 1 is 1.43 bits per heavy atom. The Hall–Kier alpha value is -2.10. The van der Waals surface area contributed by atoms with Crippen LogP contribution < -0.4 is 0 Å². The molecule has 21 heavy (non-hydrogen) atoms. The molecule has 0 amide bonds. The summed E-state index contributed by atoms with van der Waals surface area (Å²) in [7, 11) is 0. The normalized spacial score (nSPS) is 18.3. The summed E-state index contributed by atoms with van der Waals surface area (Å²) in [6, 6.07) is 2.03. The van der Waals surface area contributed by atoms with E-state index in [1.807, 2.05) is 23.1 Å². The van der Waals surface area contributed by atoms with E-state index in [1.165, 1.54) is 17.1 Å². The summed E-state index contributed by atoms with van der Waals surface area (Å²) < 4.78 is 2.02. The predicted octanol–water partition coefficient (Wildman–Crippen LogP) is 3.70. The van der Waals surface area contributed by atoms with Gasteiger partial charge in [0.1, 0.15) is 5.82 Å². The van der Waals surface area contributed by atoms with Crippen LogP contribution in [0.2, 0.25) is 0 Å². The van der Waals surface area contributed by atoms with E-state index in [0.29, 0.717) is 11.8 Å². The van der Waals surface area contributed by atoms with E-state index in [2.05, 4.69) is 54.1 Å². The summed E-state index contributed by atoms with van der Waals surface area (Å²) in [5.41, 5.74) is 3.59. The maximum Gasteiger partial charge on any atom is 0.106 e. The second-order valence-corrected chi connectivity index (χ2v) is 6.12. The Kier molecular flexibility index (Phi) is 3.78. The van der Waals surface area contributed by atoms with Crippen molar-refractivity contribution in [3.05, 3.63) is 53.9 Å². The van der Waals surface area contributed by atoms with Crippen molar-refractivity contribution >= 4 is 5.70 Å². The van der Waals surface area contributed by atoms with Crippen LogP contribution in [0.5, 0.6) is 0 Å². The average molecular weight is 282 g/mol. The summed E-state index contributed by atoms with van der Waals surface area (Å²) in [6.45, 7) is 6.51. The lowest BCUT2D eigenvalue weighted by Gasteiger charge is -2.18. The minimum absolute atomic E-state index is 0.349. The van der Waals surface area contributed by atoms with Crippen molar-refractivity contribution < 1.29 is 0 Å². The fraction of sp³-hybridized carbons (Fsp3) is 0.412. The molecule has 0 saturated heterocycles. The van der Waals surface area contributed by atoms with Crippen LogP contribution >= 0.6 is 0 Å². The highest BCUT2D eigenvalue weighted by molar-refractivity contribution is 5.53. The molecule has 0 spiro atoms. The Balaban J connectivity index is 1.77. The second kappa shape index (κ2) is 5.72. The number of aromatic amines is 1. The third-order valence-corrected chi connectivity index (χ3v) is 3.81. The minimum Gasteiger partial charge on any atom is -0.345 e. The molecule has 4 heteroatoms. The van der Waals surface area contributed by atoms with Gasteiger partial charge in [0.15, 0.2) is 0 Å². The maximum absolute atomic E-state index is 4.51. The van der Waals surface area contributed by atoms with Crippen molar-refractivity contribution in [2.24, 2.45) is 5.92 Å². The number of rotatable bonds is 4. The summed E-state index contributed by atoms with van der Waals surface area (Å²) in [4.78, 5) is 7.98. The number of hydrogen-bond acceptors (Lipinski definition) is 2. The molecule has 1 aliphatic carbocycles. The van der Waals surface area contributed by atoms with E-state index < -0.39 is 0 Å². The largest absolute Gasteiger partial charge is 0.345 e. The molecule has 0 aliphatic heterocycles. The zero-order valence-electron chi connectivity index (χ0n) is 12.9. The number of aryl methyl sites for hydroxylation is 1. The Morgan fingerprint density at radius 2 is 2.29 bits per heavy atom. The zero-order valence-corrected chi connectivity index (χ0v) is 12.9. The number of imidazole rings is 1. The number of nitrogens with one attached hydrogen (secondary N) is 1. The standard InChI is InChI=1S/C17H22N4/c1-12(2)9-17-18-11-16(20-17)14-5-4-6-15(10-14)21-13(3)7-8-19-21/h4-8,11-12,14H,9-10H2,1-3H3,(H,18,20). The molecule has 2 heterocycles. The van der Waals surface area contributed by atoms with Crippen molar-refractivity contribution in [3.63, 3.8) is 0 Å². The fourth-order valence-corrected chi connectivity index (χ4v) is 2.76. The molecule has 0 bridgehead atoms. The minimum atomic E-state index is 0.349. The molecule has 2 aromatic heterocycles. The molecule has 1 atom stereocenters. The average Bonchev–Trinajstić information content (AvgIpc) is 3.07. The van der Waals surface area contributed by atoms with Crippen LogP contribution in [-0.4, -0.2) is 19.7 Å². The zero-order chi connectivity index (χ0) is 14.8. The van der Waals surface area contributed by atoms with E-state index in [4.69, 9.17) is 0 Å². The molecule has 0 saturated carbocycles. The number of nitrogens with zero attached hydrogens (tertiary/aromatic N) is 3. The van der Waals surface area contributed by atoms with E-state index in [0.717, 1.165) is 18.7 Å². The Labute approximate surface area is 125 Å². The lowest BCUT2D eigenvalue weighted by atomic mass is 9.95. The third-order valence-electron chi connectivity index (χ3n) is 3.81. The summed E-state index contributed by atoms with van der Waals surface area (Å²) in [6.07, 6.45) is 12.3. The van der Waals surface area contributed by atoms with Gasteiger partial charge in [-0.05, 0) is 25.0 Å². The molecule has 110 valence electrons. The van der Waals surface area contributed by atoms with Gasteiger partial charge in [-0.15, -0.1) is 0 Å². The molecule has 1 N–H and O–H groups in total. The van der Waals surface area contributed by atoms with Gasteiger partial charge in [-0.2, -0.15) is 5.10 Å². The van der Waals surface area contributed by atoms with Crippen molar-refractivity contribution in [3.8, 4) is 0 Å². The number of aromatic nitrogens is 4. The highest BCUT2D eigenvalue weighted by atomic mass is 15.3. The van der Waals surface area contributed by atoms with Crippen LogP contribution in [0.25, 0.3) is 5.70 Å². The van der Waals surface area contributed by atoms with Crippen molar-refractivity contribution in [2.45, 2.75) is 39.5 Å². The van der Waals surface area contributed by atoms with Gasteiger partial charge in [0.2, 0.25) is 0 Å². The first-order valence-corrected chi connectivity index (χ1v) is 7.55. The molecular formula is C17H22N4. The molecule has 0 aromatic carbocycles. The Morgan fingerprint density at radius 3 is 3.00 bits per heavy atom. The smallest absolute Gasteiger partial charge is 0.106 e. The van der Waals surface area contributed by atoms with Gasteiger partial charge in [0.25, 0.3) is 0 Å². The molecule has 0 radical (unpaired) electrons. The number of H-pyrrole nitrogens is 1. The molecule has 1 aliphatic rings. The van der Waals surface area contributed by atoms with Crippen molar-refractivity contribution in [2.75, 3.05) is 0 Å². The van der Waals surface area contributed by atoms with Gasteiger partial charge in [-0.25, -0.2) is 9.67 Å². The lowest BCUT2D eigenvalue weighted by Crippen LogP contribution is -2.08. The molecule has 2 aromatic rings. The molecule has 3 rings (SSSR count). The lowest BCUT2D eigenvalue weighted by molar-refractivity contribution is 0.623. The monoisotopic (exact) mass is 282 g/mol. The first-order valence-electron chi connectivity index (χ1n) is 7.55. The van der Waals surface area contributed by atoms with Gasteiger partial charge < -0.3 is 4.98 Å². The highest BCUT2D eigenvalue weighted by Gasteiger charge is 2.18. The highest BCUT2D eigenvalue weighted by Crippen LogP contribution is 2.30. The van der Waals surface area contributed by atoms with Crippen LogP contribution in [-0.2, 0) is 6.42 Å². The van der Waals surface area contributed by atoms with Gasteiger partial charge in [0.05, 0.1) is 0 Å². The molecule has 0 fully saturated rings. The molecule has 4 nitrogen and oxygen atoms in total. The summed E-state index contributed by atoms with van der Waals surface area (Å²) >= 11 is 0. The van der Waals surface area contributed by atoms with Crippen LogP contribution in [0.15, 0.2) is 36.7 Å². The van der Waals surface area contributed by atoms with Crippen molar-refractivity contribution in [1.29, 1.82) is 0 Å². The van der Waals surface area contributed by atoms with E-state index in [1.54, 1.807) is 0 Å². The van der Waals surface area contributed by atoms with Crippen LogP contribution in [0.3, 0.4) is 0 Å². The first kappa shape index (κ1) is 13.9. The molecular weight excluding hydrogens is 260 g/mol. The Bertz CT molecular complexity index is 673. The molecule has 1 unspecified atom stereocenters. The summed E-state index contributed by atoms with van der Waals surface area (Å²) in [5.74, 6) is 2.05. The van der Waals surface area contributed by atoms with Gasteiger partial charge >= 0.3 is 0 Å². The third kappa shape index (κ3) is 2.99. The number of allylic oxidation sites excluding steroid dienone is 4. The van der Waals surface area contributed by atoms with Crippen LogP contribution in [0, 0.1) is 12.8 Å². The quantitative estimate of drug-likeness (QED) is 0.929. The van der Waals surface area contributed by atoms with Gasteiger partial charge in [-0.1, -0.05) is 26.0 Å². The fourth-order valence-electron chi connectivity index (χ4n) is 2.76. The van der Waals surface area contributed by atoms with Gasteiger partial charge in [-0.3, -0.25) is 0 Å². The van der Waals surface area contributed by atoms with Crippen LogP contribution in [0.4, 0.5) is 0 Å². The van der Waals surface area contributed by atoms with E-state index >= 15 is 0 Å². The van der Waals surface area contributed by atoms with E-state index in [9.17, 15) is 0 Å². The number of hydrogen-bond donors (Lipinski definition) is 1. The topological polar surface area (TPSA) is 46.5 Å². The van der Waals surface area contributed by atoms with E-state index in [-0.39, 0.29) is 0 Å².